The van der Waals surface area contributed by atoms with Crippen LogP contribution >= 0.6 is 11.6 Å². The van der Waals surface area contributed by atoms with E-state index >= 15 is 0 Å². The molecule has 0 fully saturated rings. The maximum Gasteiger partial charge on any atom is 0.254 e. The predicted octanol–water partition coefficient (Wildman–Crippen LogP) is 1.01. The first-order valence-corrected chi connectivity index (χ1v) is 7.24. The number of nitrogens with one attached hydrogen (secondary N) is 1. The molecule has 0 atom stereocenters. The first-order chi connectivity index (χ1) is 10.9. The van der Waals surface area contributed by atoms with Crippen molar-refractivity contribution in [2.45, 2.75) is 13.8 Å². The zero-order valence-corrected chi connectivity index (χ0v) is 13.5. The molecule has 0 bridgehead atoms. The van der Waals surface area contributed by atoms with E-state index in [1.807, 2.05) is 19.9 Å². The van der Waals surface area contributed by atoms with Crippen molar-refractivity contribution in [3.63, 3.8) is 0 Å². The lowest BCUT2D eigenvalue weighted by molar-refractivity contribution is 0.0960. The van der Waals surface area contributed by atoms with E-state index in [4.69, 9.17) is 11.6 Å². The van der Waals surface area contributed by atoms with Crippen LogP contribution in [0.3, 0.4) is 0 Å². The lowest BCUT2D eigenvalue weighted by Crippen LogP contribution is -2.18. The highest BCUT2D eigenvalue weighted by Gasteiger charge is 2.15. The van der Waals surface area contributed by atoms with Gasteiger partial charge >= 0.3 is 0 Å². The summed E-state index contributed by atoms with van der Waals surface area (Å²) in [4.78, 5) is 11.8. The van der Waals surface area contributed by atoms with Crippen LogP contribution in [-0.2, 0) is 0 Å². The molecule has 2 aromatic heterocycles. The van der Waals surface area contributed by atoms with Gasteiger partial charge < -0.3 is 10.4 Å². The number of carbonyl (C=O) groups is 1. The highest BCUT2D eigenvalue weighted by molar-refractivity contribution is 6.32. The zero-order chi connectivity index (χ0) is 16.7. The fraction of sp³-hybridized carbons (Fsp3) is 0.200. The Morgan fingerprint density at radius 1 is 1.35 bits per heavy atom. The average molecular weight is 332 g/mol. The second-order valence-corrected chi connectivity index (χ2v) is 5.51. The van der Waals surface area contributed by atoms with Gasteiger partial charge in [0.05, 0.1) is 16.3 Å². The molecule has 0 saturated carbocycles. The Morgan fingerprint density at radius 2 is 2.09 bits per heavy atom. The number of aromatic nitrogens is 4. The second kappa shape index (κ2) is 5.51. The molecule has 0 aliphatic carbocycles. The van der Waals surface area contributed by atoms with Crippen LogP contribution in [0.5, 0.6) is 5.75 Å². The van der Waals surface area contributed by atoms with Gasteiger partial charge in [0, 0.05) is 12.3 Å². The molecule has 1 amide bonds. The molecule has 0 unspecified atom stereocenters. The summed E-state index contributed by atoms with van der Waals surface area (Å²) in [6, 6.07) is 3.14. The quantitative estimate of drug-likeness (QED) is 0.731. The molecular formula is C15H14ClN5O2. The molecule has 7 nitrogen and oxygen atoms in total. The van der Waals surface area contributed by atoms with Gasteiger partial charge in [0.1, 0.15) is 5.75 Å². The number of aromatic hydroxyl groups is 1. The molecule has 3 aromatic rings. The van der Waals surface area contributed by atoms with Crippen molar-refractivity contribution in [1.29, 1.82) is 0 Å². The minimum Gasteiger partial charge on any atom is -0.506 e. The van der Waals surface area contributed by atoms with E-state index < -0.39 is 5.91 Å². The van der Waals surface area contributed by atoms with Gasteiger partial charge in [-0.2, -0.15) is 9.61 Å². The fourth-order valence-electron chi connectivity index (χ4n) is 2.36. The number of rotatable bonds is 2. The van der Waals surface area contributed by atoms with Crippen LogP contribution < -0.4 is 10.5 Å². The summed E-state index contributed by atoms with van der Waals surface area (Å²) in [5.41, 5.74) is 2.18. The monoisotopic (exact) mass is 331 g/mol. The Labute approximate surface area is 136 Å². The van der Waals surface area contributed by atoms with Crippen LogP contribution in [-0.4, -0.2) is 37.9 Å². The molecule has 0 aliphatic rings. The summed E-state index contributed by atoms with van der Waals surface area (Å²) in [5.74, 6) is 0.0296. The number of phenols is 1. The van der Waals surface area contributed by atoms with Crippen molar-refractivity contribution in [3.05, 3.63) is 45.0 Å². The number of fused-ring (bicyclic) bond motifs is 1. The van der Waals surface area contributed by atoms with Crippen molar-refractivity contribution >= 4 is 29.2 Å². The Bertz CT molecular complexity index is 980. The van der Waals surface area contributed by atoms with Gasteiger partial charge in [-0.15, -0.1) is 10.2 Å². The van der Waals surface area contributed by atoms with E-state index in [0.29, 0.717) is 17.0 Å². The van der Waals surface area contributed by atoms with E-state index in [-0.39, 0.29) is 16.3 Å². The van der Waals surface area contributed by atoms with E-state index in [0.717, 1.165) is 10.9 Å². The fourth-order valence-corrected chi connectivity index (χ4v) is 2.59. The molecular weight excluding hydrogens is 318 g/mol. The zero-order valence-electron chi connectivity index (χ0n) is 12.8. The molecule has 2 N–H and O–H groups in total. The molecule has 8 heteroatoms. The molecule has 3 rings (SSSR count). The van der Waals surface area contributed by atoms with Gasteiger partial charge in [-0.05, 0) is 37.6 Å². The maximum atomic E-state index is 11.8. The third kappa shape index (κ3) is 2.49. The van der Waals surface area contributed by atoms with Crippen molar-refractivity contribution in [2.24, 2.45) is 0 Å². The standard InChI is InChI=1S/C15H14ClN5O2/c1-7-10(14-19-18-8(2)21(14)20-7)4-9-5-11(15(23)17-3)13(22)12(16)6-9/h4-6,22H,1-3H3,(H,17,23). The number of aryl methyl sites for hydroxylation is 2. The van der Waals surface area contributed by atoms with E-state index in [1.54, 1.807) is 16.6 Å². The first kappa shape index (κ1) is 15.2. The van der Waals surface area contributed by atoms with E-state index in [2.05, 4.69) is 20.6 Å². The van der Waals surface area contributed by atoms with Gasteiger partial charge in [0.2, 0.25) is 0 Å². The lowest BCUT2D eigenvalue weighted by Gasteiger charge is -2.06. The Morgan fingerprint density at radius 3 is 2.78 bits per heavy atom. The third-order valence-electron chi connectivity index (χ3n) is 3.55. The third-order valence-corrected chi connectivity index (χ3v) is 3.83. The average Bonchev–Trinajstić information content (AvgIpc) is 3.02. The summed E-state index contributed by atoms with van der Waals surface area (Å²) in [6.45, 7) is 3.68. The van der Waals surface area contributed by atoms with Crippen molar-refractivity contribution in [1.82, 2.24) is 25.1 Å². The lowest BCUT2D eigenvalue weighted by atomic mass is 10.1. The molecule has 0 aliphatic heterocycles. The number of phenolic OH excluding ortho intramolecular Hbond substituents is 1. The Kier molecular flexibility index (Phi) is 3.65. The molecule has 118 valence electrons. The van der Waals surface area contributed by atoms with Gasteiger partial charge in [0.15, 0.2) is 11.5 Å². The van der Waals surface area contributed by atoms with Gasteiger partial charge in [0.25, 0.3) is 5.91 Å². The molecule has 0 spiro atoms. The number of halogens is 1. The number of nitrogens with zero attached hydrogens (tertiary/aromatic N) is 4. The second-order valence-electron chi connectivity index (χ2n) is 5.10. The van der Waals surface area contributed by atoms with Crippen LogP contribution in [0.15, 0.2) is 12.1 Å². The maximum absolute atomic E-state index is 11.8. The summed E-state index contributed by atoms with van der Waals surface area (Å²) in [5, 5.41) is 25.8. The van der Waals surface area contributed by atoms with Crippen molar-refractivity contribution in [2.75, 3.05) is 7.05 Å². The molecule has 2 heterocycles. The minimum atomic E-state index is -0.416. The highest BCUT2D eigenvalue weighted by atomic mass is 35.5. The number of amides is 1. The molecule has 0 saturated heterocycles. The predicted molar refractivity (Wildman–Crippen MR) is 85.5 cm³/mol. The van der Waals surface area contributed by atoms with E-state index in [9.17, 15) is 9.90 Å². The summed E-state index contributed by atoms with van der Waals surface area (Å²) in [6.07, 6.45) is 1.81. The minimum absolute atomic E-state index is 0.100. The van der Waals surface area contributed by atoms with Crippen molar-refractivity contribution < 1.29 is 9.90 Å². The number of hydrogen-bond acceptors (Lipinski definition) is 5. The number of benzene rings is 1. The van der Waals surface area contributed by atoms with Crippen LogP contribution in [0, 0.1) is 13.8 Å². The molecule has 1 aromatic carbocycles. The number of carbonyl (C=O) groups excluding carboxylic acids is 1. The van der Waals surface area contributed by atoms with Crippen LogP contribution in [0.4, 0.5) is 0 Å². The highest BCUT2D eigenvalue weighted by Crippen LogP contribution is 2.29. The summed E-state index contributed by atoms with van der Waals surface area (Å²) in [7, 11) is 1.49. The van der Waals surface area contributed by atoms with Crippen LogP contribution in [0.2, 0.25) is 5.02 Å². The van der Waals surface area contributed by atoms with Gasteiger partial charge in [-0.1, -0.05) is 11.6 Å². The smallest absolute Gasteiger partial charge is 0.254 e. The topological polar surface area (TPSA) is 92.4 Å². The largest absolute Gasteiger partial charge is 0.506 e. The van der Waals surface area contributed by atoms with Crippen LogP contribution in [0.1, 0.15) is 27.4 Å². The van der Waals surface area contributed by atoms with Crippen molar-refractivity contribution in [3.8, 4) is 5.75 Å². The number of hydrogen-bond donors (Lipinski definition) is 2. The first-order valence-electron chi connectivity index (χ1n) is 6.87. The van der Waals surface area contributed by atoms with Gasteiger partial charge in [-0.3, -0.25) is 4.79 Å². The molecule has 0 radical (unpaired) electrons. The Balaban J connectivity index is 2.24. The van der Waals surface area contributed by atoms with Gasteiger partial charge in [-0.25, -0.2) is 0 Å². The summed E-state index contributed by atoms with van der Waals surface area (Å²) < 4.78 is 1.66. The normalized spacial score (nSPS) is 12.1. The SMILES string of the molecule is CNC(=O)c1cc(C=c2c(C)nn3c(C)nnc23)cc(Cl)c1O. The Hall–Kier alpha value is -2.67. The van der Waals surface area contributed by atoms with Crippen LogP contribution in [0.25, 0.3) is 11.7 Å². The summed E-state index contributed by atoms with van der Waals surface area (Å²) >= 11 is 6.02. The molecule has 23 heavy (non-hydrogen) atoms. The van der Waals surface area contributed by atoms with E-state index in [1.165, 1.54) is 7.05 Å².